The molecule has 0 saturated heterocycles. The smallest absolute Gasteiger partial charge is 0.110 e. The Bertz CT molecular complexity index is 798. The molecule has 3 aromatic rings. The van der Waals surface area contributed by atoms with E-state index in [-0.39, 0.29) is 6.04 Å². The third-order valence-electron chi connectivity index (χ3n) is 4.25. The lowest BCUT2D eigenvalue weighted by Crippen LogP contribution is -2.23. The van der Waals surface area contributed by atoms with Crippen LogP contribution in [0.15, 0.2) is 35.2 Å². The van der Waals surface area contributed by atoms with Gasteiger partial charge < -0.3 is 11.1 Å². The second-order valence-corrected chi connectivity index (χ2v) is 8.13. The lowest BCUT2D eigenvalue weighted by molar-refractivity contribution is 0.531. The Kier molecular flexibility index (Phi) is 5.56. The highest BCUT2D eigenvalue weighted by Gasteiger charge is 2.17. The molecule has 0 amide bonds. The number of anilines is 1. The molecule has 24 heavy (non-hydrogen) atoms. The van der Waals surface area contributed by atoms with Gasteiger partial charge in [0.2, 0.25) is 0 Å². The Morgan fingerprint density at radius 1 is 1.25 bits per heavy atom. The fraction of sp³-hybridized carbons (Fsp3) is 0.278. The number of nitrogen functional groups attached to an aromatic ring is 1. The number of hydrogen-bond acceptors (Lipinski definition) is 5. The quantitative estimate of drug-likeness (QED) is 0.585. The second-order valence-electron chi connectivity index (χ2n) is 5.77. The summed E-state index contributed by atoms with van der Waals surface area (Å²) in [6, 6.07) is 6.38. The number of rotatable bonds is 6. The zero-order valence-electron chi connectivity index (χ0n) is 13.7. The number of hydrogen-bond donors (Lipinski definition) is 2. The summed E-state index contributed by atoms with van der Waals surface area (Å²) < 4.78 is 0. The van der Waals surface area contributed by atoms with Gasteiger partial charge in [-0.05, 0) is 48.1 Å². The summed E-state index contributed by atoms with van der Waals surface area (Å²) in [4.78, 5) is 5.83. The van der Waals surface area contributed by atoms with E-state index >= 15 is 0 Å². The second kappa shape index (κ2) is 7.66. The first-order valence-electron chi connectivity index (χ1n) is 7.75. The molecule has 0 saturated carbocycles. The van der Waals surface area contributed by atoms with Crippen LogP contribution in [0.25, 0.3) is 0 Å². The average Bonchev–Trinajstić information content (AvgIpc) is 3.26. The van der Waals surface area contributed by atoms with Crippen LogP contribution in [0.1, 0.15) is 32.6 Å². The third kappa shape index (κ3) is 3.81. The maximum atomic E-state index is 6.33. The fourth-order valence-corrected chi connectivity index (χ4v) is 4.36. The van der Waals surface area contributed by atoms with Crippen LogP contribution in [0.2, 0.25) is 5.02 Å². The fourth-order valence-electron chi connectivity index (χ4n) is 2.62. The van der Waals surface area contributed by atoms with Gasteiger partial charge in [-0.25, -0.2) is 4.98 Å². The van der Waals surface area contributed by atoms with Crippen molar-refractivity contribution in [3.05, 3.63) is 66.8 Å². The van der Waals surface area contributed by atoms with Gasteiger partial charge in [0.1, 0.15) is 5.01 Å². The highest BCUT2D eigenvalue weighted by Crippen LogP contribution is 2.29. The van der Waals surface area contributed by atoms with E-state index in [2.05, 4.69) is 27.8 Å². The molecular formula is C18H20ClN3S2. The molecule has 2 aromatic heterocycles. The molecule has 126 valence electrons. The molecule has 1 atom stereocenters. The molecule has 3 rings (SSSR count). The molecule has 0 aliphatic carbocycles. The van der Waals surface area contributed by atoms with Gasteiger partial charge in [-0.1, -0.05) is 17.7 Å². The zero-order chi connectivity index (χ0) is 17.1. The van der Waals surface area contributed by atoms with Crippen LogP contribution >= 0.6 is 34.3 Å². The van der Waals surface area contributed by atoms with Crippen molar-refractivity contribution in [2.75, 3.05) is 5.73 Å². The average molecular weight is 378 g/mol. The van der Waals surface area contributed by atoms with E-state index in [4.69, 9.17) is 17.3 Å². The molecule has 1 unspecified atom stereocenters. The van der Waals surface area contributed by atoms with E-state index < -0.39 is 0 Å². The zero-order valence-corrected chi connectivity index (χ0v) is 16.1. The number of halogens is 1. The van der Waals surface area contributed by atoms with Crippen LogP contribution in [0, 0.1) is 13.8 Å². The number of aromatic nitrogens is 1. The SMILES string of the molecule is Cc1c(Cl)cc(CNC(Cc2cccs2)c2nccs2)c(N)c1C. The lowest BCUT2D eigenvalue weighted by atomic mass is 10.0. The molecule has 2 heterocycles. The summed E-state index contributed by atoms with van der Waals surface area (Å²) in [5, 5.41) is 9.59. The van der Waals surface area contributed by atoms with Crippen molar-refractivity contribution in [1.29, 1.82) is 0 Å². The predicted molar refractivity (Wildman–Crippen MR) is 105 cm³/mol. The van der Waals surface area contributed by atoms with Crippen molar-refractivity contribution in [1.82, 2.24) is 10.3 Å². The molecular weight excluding hydrogens is 358 g/mol. The van der Waals surface area contributed by atoms with E-state index in [1.54, 1.807) is 22.7 Å². The maximum Gasteiger partial charge on any atom is 0.110 e. The van der Waals surface area contributed by atoms with Gasteiger partial charge in [-0.3, -0.25) is 0 Å². The molecule has 6 heteroatoms. The van der Waals surface area contributed by atoms with Crippen molar-refractivity contribution >= 4 is 40.0 Å². The maximum absolute atomic E-state index is 6.33. The Hall–Kier alpha value is -1.40. The van der Waals surface area contributed by atoms with Gasteiger partial charge in [0.15, 0.2) is 0 Å². The first-order chi connectivity index (χ1) is 11.6. The van der Waals surface area contributed by atoms with Gasteiger partial charge in [-0.15, -0.1) is 22.7 Å². The third-order valence-corrected chi connectivity index (χ3v) is 6.43. The number of nitrogens with zero attached hydrogens (tertiary/aromatic N) is 1. The van der Waals surface area contributed by atoms with Crippen LogP contribution < -0.4 is 11.1 Å². The number of nitrogens with two attached hydrogens (primary N) is 1. The van der Waals surface area contributed by atoms with E-state index in [1.165, 1.54) is 4.88 Å². The molecule has 1 aromatic carbocycles. The van der Waals surface area contributed by atoms with E-state index in [0.29, 0.717) is 6.54 Å². The minimum absolute atomic E-state index is 0.170. The van der Waals surface area contributed by atoms with Crippen molar-refractivity contribution in [3.8, 4) is 0 Å². The Balaban J connectivity index is 1.79. The van der Waals surface area contributed by atoms with Crippen molar-refractivity contribution in [2.24, 2.45) is 0 Å². The number of benzene rings is 1. The van der Waals surface area contributed by atoms with Crippen molar-refractivity contribution < 1.29 is 0 Å². The van der Waals surface area contributed by atoms with Gasteiger partial charge in [0.25, 0.3) is 0 Å². The van der Waals surface area contributed by atoms with E-state index in [1.807, 2.05) is 31.5 Å². The van der Waals surface area contributed by atoms with Crippen LogP contribution in [-0.4, -0.2) is 4.98 Å². The monoisotopic (exact) mass is 377 g/mol. The van der Waals surface area contributed by atoms with E-state index in [0.717, 1.165) is 38.8 Å². The highest BCUT2D eigenvalue weighted by molar-refractivity contribution is 7.10. The topological polar surface area (TPSA) is 50.9 Å². The molecule has 0 aliphatic heterocycles. The molecule has 0 spiro atoms. The largest absolute Gasteiger partial charge is 0.398 e. The van der Waals surface area contributed by atoms with Crippen LogP contribution in [0.3, 0.4) is 0 Å². The standard InChI is InChI=1S/C18H20ClN3S2/c1-11-12(2)17(20)13(8-15(11)19)10-22-16(18-21-5-7-24-18)9-14-4-3-6-23-14/h3-8,16,22H,9-10,20H2,1-2H3. The van der Waals surface area contributed by atoms with E-state index in [9.17, 15) is 0 Å². The van der Waals surface area contributed by atoms with Crippen molar-refractivity contribution in [3.63, 3.8) is 0 Å². The molecule has 3 N–H and O–H groups in total. The van der Waals surface area contributed by atoms with Crippen LogP contribution in [0.4, 0.5) is 5.69 Å². The number of thiazole rings is 1. The Morgan fingerprint density at radius 3 is 2.75 bits per heavy atom. The van der Waals surface area contributed by atoms with Crippen LogP contribution in [-0.2, 0) is 13.0 Å². The summed E-state index contributed by atoms with van der Waals surface area (Å²) in [5.74, 6) is 0. The summed E-state index contributed by atoms with van der Waals surface area (Å²) in [6.45, 7) is 4.69. The molecule has 0 bridgehead atoms. The van der Waals surface area contributed by atoms with Gasteiger partial charge in [0, 0.05) is 40.1 Å². The Morgan fingerprint density at radius 2 is 2.08 bits per heavy atom. The van der Waals surface area contributed by atoms with Gasteiger partial charge in [-0.2, -0.15) is 0 Å². The number of thiophene rings is 1. The minimum atomic E-state index is 0.170. The Labute approximate surface area is 155 Å². The predicted octanol–water partition coefficient (Wildman–Crippen LogP) is 5.13. The first kappa shape index (κ1) is 17.4. The summed E-state index contributed by atoms with van der Waals surface area (Å²) in [6.07, 6.45) is 2.77. The summed E-state index contributed by atoms with van der Waals surface area (Å²) >= 11 is 9.78. The highest BCUT2D eigenvalue weighted by atomic mass is 35.5. The first-order valence-corrected chi connectivity index (χ1v) is 9.89. The summed E-state index contributed by atoms with van der Waals surface area (Å²) in [7, 11) is 0. The van der Waals surface area contributed by atoms with Gasteiger partial charge in [0.05, 0.1) is 6.04 Å². The molecule has 0 fully saturated rings. The normalized spacial score (nSPS) is 12.5. The lowest BCUT2D eigenvalue weighted by Gasteiger charge is -2.18. The van der Waals surface area contributed by atoms with Crippen LogP contribution in [0.5, 0.6) is 0 Å². The molecule has 0 aliphatic rings. The minimum Gasteiger partial charge on any atom is -0.398 e. The summed E-state index contributed by atoms with van der Waals surface area (Å²) in [5.41, 5.74) is 10.2. The van der Waals surface area contributed by atoms with Gasteiger partial charge >= 0.3 is 0 Å². The number of nitrogens with one attached hydrogen (secondary N) is 1. The molecule has 3 nitrogen and oxygen atoms in total. The molecule has 0 radical (unpaired) electrons. The van der Waals surface area contributed by atoms with Crippen molar-refractivity contribution in [2.45, 2.75) is 32.9 Å².